The van der Waals surface area contributed by atoms with Gasteiger partial charge in [0.05, 0.1) is 30.2 Å². The molecule has 0 unspecified atom stereocenters. The van der Waals surface area contributed by atoms with Crippen LogP contribution in [0.15, 0.2) is 12.3 Å². The van der Waals surface area contributed by atoms with E-state index in [4.69, 9.17) is 5.11 Å². The molecule has 1 N–H and O–H groups in total. The Bertz CT molecular complexity index is 515. The number of ether oxygens (including phenoxy) is 1. The van der Waals surface area contributed by atoms with Crippen LogP contribution < -0.4 is 0 Å². The molecule has 0 saturated carbocycles. The van der Waals surface area contributed by atoms with Crippen LogP contribution in [0.4, 0.5) is 0 Å². The maximum absolute atomic E-state index is 11.9. The first-order chi connectivity index (χ1) is 7.84. The highest BCUT2D eigenvalue weighted by molar-refractivity contribution is 7.90. The van der Waals surface area contributed by atoms with Crippen molar-refractivity contribution in [1.29, 1.82) is 0 Å². The molecule has 96 valence electrons. The Morgan fingerprint density at radius 2 is 2.12 bits per heavy atom. The summed E-state index contributed by atoms with van der Waals surface area (Å²) in [5.74, 6) is -0.641. The first-order valence-electron chi connectivity index (χ1n) is 4.99. The average Bonchev–Trinajstić information content (AvgIpc) is 2.72. The zero-order chi connectivity index (χ0) is 13.2. The van der Waals surface area contributed by atoms with E-state index in [0.717, 1.165) is 10.2 Å². The zero-order valence-electron chi connectivity index (χ0n) is 9.87. The Morgan fingerprint density at radius 1 is 1.53 bits per heavy atom. The lowest BCUT2D eigenvalue weighted by molar-refractivity contribution is 0.0601. The Hall–Kier alpha value is -1.34. The number of aliphatic hydroxyl groups is 1. The fraction of sp³-hybridized carbons (Fsp3) is 0.500. The average molecular weight is 261 g/mol. The summed E-state index contributed by atoms with van der Waals surface area (Å²) in [7, 11) is -2.39. The normalized spacial score (nSPS) is 11.8. The number of aliphatic hydroxyl groups excluding tert-OH is 1. The minimum atomic E-state index is -3.59. The van der Waals surface area contributed by atoms with Gasteiger partial charge < -0.3 is 9.84 Å². The van der Waals surface area contributed by atoms with E-state index in [2.05, 4.69) is 4.74 Å². The molecule has 0 radical (unpaired) electrons. The van der Waals surface area contributed by atoms with E-state index in [1.54, 1.807) is 0 Å². The molecule has 0 spiro atoms. The molecule has 0 aromatic carbocycles. The summed E-state index contributed by atoms with van der Waals surface area (Å²) < 4.78 is 29.3. The molecule has 1 heterocycles. The maximum atomic E-state index is 11.9. The number of esters is 1. The van der Waals surface area contributed by atoms with Crippen molar-refractivity contribution in [2.75, 3.05) is 7.11 Å². The summed E-state index contributed by atoms with van der Waals surface area (Å²) in [5.41, 5.74) is 0.236. The molecule has 0 fully saturated rings. The summed E-state index contributed by atoms with van der Waals surface area (Å²) in [6.45, 7) is 2.57. The van der Waals surface area contributed by atoms with Crippen molar-refractivity contribution in [3.63, 3.8) is 0 Å². The van der Waals surface area contributed by atoms with Crippen molar-refractivity contribution in [2.24, 2.45) is 0 Å². The van der Waals surface area contributed by atoms with Crippen molar-refractivity contribution in [3.05, 3.63) is 23.5 Å². The Morgan fingerprint density at radius 3 is 2.53 bits per heavy atom. The number of hydrogen-bond acceptors (Lipinski definition) is 5. The molecule has 7 heteroatoms. The van der Waals surface area contributed by atoms with Crippen LogP contribution in [0.1, 0.15) is 29.9 Å². The number of carbonyl (C=O) groups excluding carboxylic acids is 1. The second kappa shape index (κ2) is 4.89. The van der Waals surface area contributed by atoms with Gasteiger partial charge in [-0.15, -0.1) is 0 Å². The van der Waals surface area contributed by atoms with Gasteiger partial charge in [0.1, 0.15) is 0 Å². The number of aromatic nitrogens is 1. The van der Waals surface area contributed by atoms with Gasteiger partial charge in [-0.3, -0.25) is 0 Å². The maximum Gasteiger partial charge on any atom is 0.339 e. The molecule has 1 aromatic heterocycles. The second-order valence-electron chi connectivity index (χ2n) is 3.76. The van der Waals surface area contributed by atoms with E-state index in [0.29, 0.717) is 0 Å². The zero-order valence-corrected chi connectivity index (χ0v) is 10.7. The molecule has 0 amide bonds. The molecule has 0 aliphatic carbocycles. The van der Waals surface area contributed by atoms with Crippen molar-refractivity contribution >= 4 is 16.0 Å². The van der Waals surface area contributed by atoms with Crippen LogP contribution in [-0.2, 0) is 21.4 Å². The van der Waals surface area contributed by atoms with Gasteiger partial charge in [-0.25, -0.2) is 17.2 Å². The van der Waals surface area contributed by atoms with Gasteiger partial charge >= 0.3 is 5.97 Å². The molecule has 0 aliphatic heterocycles. The topological polar surface area (TPSA) is 85.6 Å². The molecule has 0 bridgehead atoms. The largest absolute Gasteiger partial charge is 0.465 e. The molecule has 0 saturated heterocycles. The monoisotopic (exact) mass is 261 g/mol. The molecular formula is C10H15NO5S. The SMILES string of the molecule is COC(=O)c1cc(CO)n(S(=O)(=O)C(C)C)c1. The fourth-order valence-electron chi connectivity index (χ4n) is 1.30. The van der Waals surface area contributed by atoms with Crippen LogP contribution in [0, 0.1) is 0 Å². The summed E-state index contributed by atoms with van der Waals surface area (Å²) in [6.07, 6.45) is 1.16. The highest BCUT2D eigenvalue weighted by Gasteiger charge is 2.23. The molecular weight excluding hydrogens is 246 g/mol. The molecule has 6 nitrogen and oxygen atoms in total. The predicted octanol–water partition coefficient (Wildman–Crippen LogP) is 0.353. The standard InChI is InChI=1S/C10H15NO5S/c1-7(2)17(14,15)11-5-8(10(13)16-3)4-9(11)6-12/h4-5,7,12H,6H2,1-3H3. The number of methoxy groups -OCH3 is 1. The number of rotatable bonds is 4. The molecule has 1 aromatic rings. The third-order valence-electron chi connectivity index (χ3n) is 2.31. The number of carbonyl (C=O) groups is 1. The second-order valence-corrected chi connectivity index (χ2v) is 6.13. The van der Waals surface area contributed by atoms with Gasteiger partial charge in [-0.05, 0) is 19.9 Å². The van der Waals surface area contributed by atoms with E-state index in [1.165, 1.54) is 27.0 Å². The van der Waals surface area contributed by atoms with Crippen molar-refractivity contribution in [2.45, 2.75) is 25.7 Å². The highest BCUT2D eigenvalue weighted by Crippen LogP contribution is 2.16. The van der Waals surface area contributed by atoms with E-state index < -0.39 is 27.8 Å². The van der Waals surface area contributed by atoms with Crippen LogP contribution in [-0.4, -0.2) is 35.8 Å². The van der Waals surface area contributed by atoms with Gasteiger partial charge in [0.15, 0.2) is 0 Å². The molecule has 1 rings (SSSR count). The Balaban J connectivity index is 3.35. The lowest BCUT2D eigenvalue weighted by Gasteiger charge is -2.11. The van der Waals surface area contributed by atoms with Gasteiger partial charge in [-0.2, -0.15) is 0 Å². The summed E-state index contributed by atoms with van der Waals surface area (Å²) in [4.78, 5) is 11.3. The van der Waals surface area contributed by atoms with E-state index >= 15 is 0 Å². The first-order valence-corrected chi connectivity index (χ1v) is 6.49. The van der Waals surface area contributed by atoms with E-state index in [9.17, 15) is 13.2 Å². The van der Waals surface area contributed by atoms with Crippen LogP contribution in [0.25, 0.3) is 0 Å². The van der Waals surface area contributed by atoms with Gasteiger partial charge in [-0.1, -0.05) is 0 Å². The summed E-state index contributed by atoms with van der Waals surface area (Å²) in [5, 5.41) is 8.45. The number of nitrogens with zero attached hydrogens (tertiary/aromatic N) is 1. The highest BCUT2D eigenvalue weighted by atomic mass is 32.2. The van der Waals surface area contributed by atoms with Crippen molar-refractivity contribution in [1.82, 2.24) is 3.97 Å². The van der Waals surface area contributed by atoms with Crippen LogP contribution in [0.2, 0.25) is 0 Å². The van der Waals surface area contributed by atoms with Crippen molar-refractivity contribution in [3.8, 4) is 0 Å². The fourth-order valence-corrected chi connectivity index (χ4v) is 2.45. The van der Waals surface area contributed by atoms with Crippen LogP contribution in [0.3, 0.4) is 0 Å². The van der Waals surface area contributed by atoms with Crippen LogP contribution >= 0.6 is 0 Å². The van der Waals surface area contributed by atoms with Gasteiger partial charge in [0.25, 0.3) is 0 Å². The minimum absolute atomic E-state index is 0.0979. The molecule has 0 atom stereocenters. The first kappa shape index (κ1) is 13.7. The number of hydrogen-bond donors (Lipinski definition) is 1. The Kier molecular flexibility index (Phi) is 3.94. The van der Waals surface area contributed by atoms with Gasteiger partial charge in [0, 0.05) is 6.20 Å². The van der Waals surface area contributed by atoms with Crippen molar-refractivity contribution < 1.29 is 23.1 Å². The lowest BCUT2D eigenvalue weighted by Crippen LogP contribution is -2.23. The van der Waals surface area contributed by atoms with Crippen LogP contribution in [0.5, 0.6) is 0 Å². The predicted molar refractivity (Wildman–Crippen MR) is 61.1 cm³/mol. The summed E-state index contributed by atoms with van der Waals surface area (Å²) >= 11 is 0. The molecule has 0 aliphatic rings. The van der Waals surface area contributed by atoms with Gasteiger partial charge in [0.2, 0.25) is 10.0 Å². The summed E-state index contributed by atoms with van der Waals surface area (Å²) in [6, 6.07) is 1.30. The smallest absolute Gasteiger partial charge is 0.339 e. The van der Waals surface area contributed by atoms with E-state index in [1.807, 2.05) is 0 Å². The third-order valence-corrected chi connectivity index (χ3v) is 4.39. The molecule has 17 heavy (non-hydrogen) atoms. The Labute approximate surface area is 99.9 Å². The lowest BCUT2D eigenvalue weighted by atomic mass is 10.3. The third kappa shape index (κ3) is 2.50. The quantitative estimate of drug-likeness (QED) is 0.791. The minimum Gasteiger partial charge on any atom is -0.465 e. The van der Waals surface area contributed by atoms with E-state index in [-0.39, 0.29) is 11.3 Å².